The van der Waals surface area contributed by atoms with Gasteiger partial charge in [-0.1, -0.05) is 27.7 Å². The lowest BCUT2D eigenvalue weighted by Gasteiger charge is -2.64. The molecular formula is C26H46ClNO3. The molecule has 5 heteroatoms. The fourth-order valence-corrected chi connectivity index (χ4v) is 8.77. The van der Waals surface area contributed by atoms with Crippen LogP contribution in [0.2, 0.25) is 0 Å². The smallest absolute Gasteiger partial charge is 0.309 e. The maximum atomic E-state index is 12.4. The van der Waals surface area contributed by atoms with E-state index in [-0.39, 0.29) is 29.3 Å². The summed E-state index contributed by atoms with van der Waals surface area (Å²) in [4.78, 5) is 12.4. The standard InChI is InChI=1S/C26H45NO3.ClH/c1-16(2)10-13-27-21-15-26(5)20(9-12-25(26,4)23(29)30)19-7-6-17-14-18(28)8-11-24(17,3)22(19)21;/h16-22,27-28H,6-15H2,1-5H3,(H,29,30);1H/t17?,18?,19-,20-,21?,22-,24-,25?,26-;/m0./s1. The Hall–Kier alpha value is -0.320. The summed E-state index contributed by atoms with van der Waals surface area (Å²) in [5, 5.41) is 24.6. The highest BCUT2D eigenvalue weighted by Crippen LogP contribution is 2.70. The first-order valence-electron chi connectivity index (χ1n) is 12.7. The van der Waals surface area contributed by atoms with E-state index in [4.69, 9.17) is 0 Å². The lowest BCUT2D eigenvalue weighted by molar-refractivity contribution is -0.172. The molecule has 0 aliphatic heterocycles. The minimum atomic E-state index is -0.610. The number of nitrogens with one attached hydrogen (secondary N) is 1. The predicted molar refractivity (Wildman–Crippen MR) is 127 cm³/mol. The predicted octanol–water partition coefficient (Wildman–Crippen LogP) is 5.52. The highest BCUT2D eigenvalue weighted by atomic mass is 35.5. The molecule has 4 rings (SSSR count). The number of hydrogen-bond donors (Lipinski definition) is 3. The van der Waals surface area contributed by atoms with E-state index in [1.165, 1.54) is 19.3 Å². The van der Waals surface area contributed by atoms with E-state index in [0.717, 1.165) is 45.1 Å². The Morgan fingerprint density at radius 3 is 2.45 bits per heavy atom. The van der Waals surface area contributed by atoms with Crippen molar-refractivity contribution in [1.82, 2.24) is 5.32 Å². The van der Waals surface area contributed by atoms with Gasteiger partial charge in [0.05, 0.1) is 11.5 Å². The number of carbonyl (C=O) groups is 1. The summed E-state index contributed by atoms with van der Waals surface area (Å²) in [6, 6.07) is 0.398. The van der Waals surface area contributed by atoms with Gasteiger partial charge in [0.25, 0.3) is 0 Å². The molecule has 4 saturated carbocycles. The largest absolute Gasteiger partial charge is 0.481 e. The number of carboxylic acid groups (broad SMARTS) is 1. The Bertz CT molecular complexity index is 671. The second-order valence-electron chi connectivity index (χ2n) is 12.5. The van der Waals surface area contributed by atoms with Crippen LogP contribution in [0.3, 0.4) is 0 Å². The third kappa shape index (κ3) is 3.87. The first-order valence-corrected chi connectivity index (χ1v) is 12.7. The highest BCUT2D eigenvalue weighted by Gasteiger charge is 2.67. The lowest BCUT2D eigenvalue weighted by atomic mass is 9.42. The number of aliphatic carboxylic acids is 1. The fraction of sp³-hybridized carbons (Fsp3) is 0.962. The van der Waals surface area contributed by atoms with Gasteiger partial charge >= 0.3 is 5.97 Å². The van der Waals surface area contributed by atoms with Crippen molar-refractivity contribution in [2.75, 3.05) is 6.54 Å². The normalized spacial score (nSPS) is 49.0. The molecule has 0 aromatic carbocycles. The van der Waals surface area contributed by atoms with Gasteiger partial charge in [-0.3, -0.25) is 4.79 Å². The summed E-state index contributed by atoms with van der Waals surface area (Å²) in [7, 11) is 0. The van der Waals surface area contributed by atoms with Crippen LogP contribution in [0.15, 0.2) is 0 Å². The molecule has 0 saturated heterocycles. The second kappa shape index (κ2) is 8.80. The molecule has 4 nitrogen and oxygen atoms in total. The van der Waals surface area contributed by atoms with Gasteiger partial charge in [0, 0.05) is 6.04 Å². The van der Waals surface area contributed by atoms with Crippen molar-refractivity contribution < 1.29 is 15.0 Å². The lowest BCUT2D eigenvalue weighted by Crippen LogP contribution is -2.63. The van der Waals surface area contributed by atoms with Crippen molar-refractivity contribution in [2.24, 2.45) is 45.8 Å². The summed E-state index contributed by atoms with van der Waals surface area (Å²) >= 11 is 0. The second-order valence-corrected chi connectivity index (χ2v) is 12.5. The van der Waals surface area contributed by atoms with Crippen LogP contribution in [0.5, 0.6) is 0 Å². The Balaban J connectivity index is 0.00000272. The molecule has 0 bridgehead atoms. The quantitative estimate of drug-likeness (QED) is 0.510. The third-order valence-corrected chi connectivity index (χ3v) is 10.8. The van der Waals surface area contributed by atoms with Crippen molar-refractivity contribution in [3.63, 3.8) is 0 Å². The number of hydrogen-bond acceptors (Lipinski definition) is 3. The summed E-state index contributed by atoms with van der Waals surface area (Å²) in [6.45, 7) is 12.4. The van der Waals surface area contributed by atoms with Gasteiger partial charge in [0.2, 0.25) is 0 Å². The van der Waals surface area contributed by atoms with Gasteiger partial charge in [0.1, 0.15) is 0 Å². The number of halogens is 1. The summed E-state index contributed by atoms with van der Waals surface area (Å²) in [6.07, 6.45) is 9.39. The van der Waals surface area contributed by atoms with Crippen molar-refractivity contribution in [3.8, 4) is 0 Å². The van der Waals surface area contributed by atoms with Crippen LogP contribution in [0.4, 0.5) is 0 Å². The van der Waals surface area contributed by atoms with E-state index in [0.29, 0.717) is 35.6 Å². The van der Waals surface area contributed by atoms with Gasteiger partial charge in [0.15, 0.2) is 0 Å². The van der Waals surface area contributed by atoms with E-state index in [9.17, 15) is 15.0 Å². The summed E-state index contributed by atoms with van der Waals surface area (Å²) in [5.74, 6) is 2.47. The molecular weight excluding hydrogens is 410 g/mol. The minimum absolute atomic E-state index is 0. The Morgan fingerprint density at radius 2 is 1.81 bits per heavy atom. The Morgan fingerprint density at radius 1 is 1.10 bits per heavy atom. The molecule has 0 aromatic heterocycles. The van der Waals surface area contributed by atoms with Gasteiger partial charge in [-0.15, -0.1) is 12.4 Å². The first-order chi connectivity index (χ1) is 14.0. The van der Waals surface area contributed by atoms with Crippen LogP contribution in [0.1, 0.15) is 92.4 Å². The van der Waals surface area contributed by atoms with Crippen LogP contribution in [-0.2, 0) is 4.79 Å². The molecule has 0 aromatic rings. The zero-order chi connectivity index (χ0) is 21.9. The molecule has 0 radical (unpaired) electrons. The van der Waals surface area contributed by atoms with Crippen LogP contribution < -0.4 is 5.32 Å². The number of fused-ring (bicyclic) bond motifs is 5. The summed E-state index contributed by atoms with van der Waals surface area (Å²) in [5.41, 5.74) is -0.463. The molecule has 0 heterocycles. The van der Waals surface area contributed by atoms with E-state index in [2.05, 4.69) is 33.0 Å². The molecule has 0 spiro atoms. The molecule has 4 unspecified atom stereocenters. The SMILES string of the molecule is CC(C)CCNC1C[C@@]2(C)[C@@H](CCC2(C)C(=O)O)[C@@H]2CCC3CC(O)CC[C@]3(C)[C@H]12.Cl. The zero-order valence-electron chi connectivity index (χ0n) is 20.3. The Labute approximate surface area is 195 Å². The van der Waals surface area contributed by atoms with Crippen LogP contribution in [-0.4, -0.2) is 34.9 Å². The average molecular weight is 456 g/mol. The number of aliphatic hydroxyl groups is 1. The molecule has 9 atom stereocenters. The molecule has 31 heavy (non-hydrogen) atoms. The molecule has 0 amide bonds. The number of rotatable bonds is 5. The topological polar surface area (TPSA) is 69.6 Å². The van der Waals surface area contributed by atoms with Crippen molar-refractivity contribution in [1.29, 1.82) is 0 Å². The maximum Gasteiger partial charge on any atom is 0.309 e. The monoisotopic (exact) mass is 455 g/mol. The van der Waals surface area contributed by atoms with Gasteiger partial charge in [-0.05, 0) is 112 Å². The van der Waals surface area contributed by atoms with E-state index >= 15 is 0 Å². The molecule has 3 N–H and O–H groups in total. The van der Waals surface area contributed by atoms with E-state index in [1.807, 2.05) is 6.92 Å². The van der Waals surface area contributed by atoms with Crippen LogP contribution in [0, 0.1) is 45.8 Å². The molecule has 4 aliphatic rings. The van der Waals surface area contributed by atoms with Crippen LogP contribution in [0.25, 0.3) is 0 Å². The van der Waals surface area contributed by atoms with Crippen molar-refractivity contribution in [2.45, 2.75) is 105 Å². The maximum absolute atomic E-state index is 12.4. The van der Waals surface area contributed by atoms with Gasteiger partial charge in [-0.25, -0.2) is 0 Å². The van der Waals surface area contributed by atoms with Crippen molar-refractivity contribution >= 4 is 18.4 Å². The fourth-order valence-electron chi connectivity index (χ4n) is 8.77. The molecule has 4 aliphatic carbocycles. The van der Waals surface area contributed by atoms with Gasteiger partial charge in [-0.2, -0.15) is 0 Å². The Kier molecular flexibility index (Phi) is 7.18. The first kappa shape index (κ1) is 25.3. The third-order valence-electron chi connectivity index (χ3n) is 10.8. The van der Waals surface area contributed by atoms with E-state index < -0.39 is 11.4 Å². The zero-order valence-corrected chi connectivity index (χ0v) is 21.1. The van der Waals surface area contributed by atoms with Crippen molar-refractivity contribution in [3.05, 3.63) is 0 Å². The van der Waals surface area contributed by atoms with E-state index in [1.54, 1.807) is 0 Å². The molecule has 180 valence electrons. The van der Waals surface area contributed by atoms with Gasteiger partial charge < -0.3 is 15.5 Å². The minimum Gasteiger partial charge on any atom is -0.481 e. The highest BCUT2D eigenvalue weighted by molar-refractivity contribution is 5.85. The van der Waals surface area contributed by atoms with Crippen LogP contribution >= 0.6 is 12.4 Å². The molecule has 4 fully saturated rings. The number of carboxylic acids is 1. The summed E-state index contributed by atoms with van der Waals surface area (Å²) < 4.78 is 0. The number of aliphatic hydroxyl groups excluding tert-OH is 1. The average Bonchev–Trinajstić information content (AvgIpc) is 2.94.